The maximum Gasteiger partial charge on any atom is 0.254 e. The fraction of sp³-hybridized carbons (Fsp3) is 0.438. The summed E-state index contributed by atoms with van der Waals surface area (Å²) in [6.07, 6.45) is 4.32. The smallest absolute Gasteiger partial charge is 0.254 e. The van der Waals surface area contributed by atoms with Gasteiger partial charge >= 0.3 is 0 Å². The second-order valence-corrected chi connectivity index (χ2v) is 6.02. The van der Waals surface area contributed by atoms with Crippen molar-refractivity contribution in [1.82, 2.24) is 19.9 Å². The number of H-pyrrole nitrogens is 1. The quantitative estimate of drug-likeness (QED) is 0.879. The summed E-state index contributed by atoms with van der Waals surface area (Å²) < 4.78 is 0. The first-order valence-corrected chi connectivity index (χ1v) is 7.97. The molecule has 0 fully saturated rings. The summed E-state index contributed by atoms with van der Waals surface area (Å²) >= 11 is 5.81. The molecule has 0 saturated carbocycles. The third-order valence-electron chi connectivity index (χ3n) is 3.88. The Morgan fingerprint density at radius 3 is 3.00 bits per heavy atom. The van der Waals surface area contributed by atoms with Gasteiger partial charge in [0.15, 0.2) is 0 Å². The van der Waals surface area contributed by atoms with Gasteiger partial charge in [0.1, 0.15) is 11.0 Å². The van der Waals surface area contributed by atoms with Crippen LogP contribution >= 0.6 is 11.6 Å². The van der Waals surface area contributed by atoms with Crippen LogP contribution in [0.15, 0.2) is 23.1 Å². The topological polar surface area (TPSA) is 61.9 Å². The van der Waals surface area contributed by atoms with Crippen LogP contribution in [0.25, 0.3) is 0 Å². The van der Waals surface area contributed by atoms with E-state index in [1.807, 2.05) is 6.07 Å². The fourth-order valence-corrected chi connectivity index (χ4v) is 2.91. The van der Waals surface area contributed by atoms with Crippen LogP contribution in [0.4, 0.5) is 0 Å². The fourth-order valence-electron chi connectivity index (χ4n) is 2.79. The molecule has 116 valence electrons. The van der Waals surface area contributed by atoms with Gasteiger partial charge in [0.05, 0.1) is 5.69 Å². The number of aromatic amines is 1. The van der Waals surface area contributed by atoms with E-state index in [1.165, 1.54) is 0 Å². The number of nitrogens with zero attached hydrogens (tertiary/aromatic N) is 3. The van der Waals surface area contributed by atoms with E-state index in [9.17, 15) is 4.79 Å². The van der Waals surface area contributed by atoms with Crippen molar-refractivity contribution in [2.45, 2.75) is 39.3 Å². The maximum atomic E-state index is 12.1. The average molecular weight is 319 g/mol. The van der Waals surface area contributed by atoms with E-state index in [2.05, 4.69) is 26.8 Å². The van der Waals surface area contributed by atoms with E-state index in [1.54, 1.807) is 12.3 Å². The molecule has 6 heteroatoms. The van der Waals surface area contributed by atoms with Crippen molar-refractivity contribution < 1.29 is 0 Å². The Balaban J connectivity index is 1.77. The molecule has 3 heterocycles. The lowest BCUT2D eigenvalue weighted by atomic mass is 10.1. The van der Waals surface area contributed by atoms with E-state index in [0.29, 0.717) is 11.7 Å². The predicted molar refractivity (Wildman–Crippen MR) is 85.9 cm³/mol. The van der Waals surface area contributed by atoms with Crippen LogP contribution in [0, 0.1) is 0 Å². The van der Waals surface area contributed by atoms with Crippen LogP contribution in [0.1, 0.15) is 36.0 Å². The molecule has 0 unspecified atom stereocenters. The van der Waals surface area contributed by atoms with E-state index in [4.69, 9.17) is 11.6 Å². The molecule has 0 atom stereocenters. The van der Waals surface area contributed by atoms with Gasteiger partial charge in [0.25, 0.3) is 5.56 Å². The molecule has 2 aromatic heterocycles. The van der Waals surface area contributed by atoms with Crippen molar-refractivity contribution in [2.75, 3.05) is 6.54 Å². The Hall–Kier alpha value is -1.72. The van der Waals surface area contributed by atoms with Crippen LogP contribution in [0.3, 0.4) is 0 Å². The third-order valence-corrected chi connectivity index (χ3v) is 4.11. The average Bonchev–Trinajstić information content (AvgIpc) is 2.50. The minimum Gasteiger partial charge on any atom is -0.310 e. The molecule has 0 saturated heterocycles. The van der Waals surface area contributed by atoms with Crippen molar-refractivity contribution in [3.05, 3.63) is 56.5 Å². The summed E-state index contributed by atoms with van der Waals surface area (Å²) in [5.74, 6) is 0.793. The SMILES string of the molecule is CCCc1nc2c(c(=O)[nH]1)CCN(Cc1ccc(Cl)nc1)C2. The highest BCUT2D eigenvalue weighted by atomic mass is 35.5. The van der Waals surface area contributed by atoms with Gasteiger partial charge in [-0.3, -0.25) is 9.69 Å². The summed E-state index contributed by atoms with van der Waals surface area (Å²) in [5.41, 5.74) is 2.90. The minimum atomic E-state index is 0.0289. The molecule has 22 heavy (non-hydrogen) atoms. The highest BCUT2D eigenvalue weighted by molar-refractivity contribution is 6.29. The molecular weight excluding hydrogens is 300 g/mol. The summed E-state index contributed by atoms with van der Waals surface area (Å²) in [6.45, 7) is 4.44. The number of fused-ring (bicyclic) bond motifs is 1. The molecule has 0 aromatic carbocycles. The van der Waals surface area contributed by atoms with E-state index in [-0.39, 0.29) is 5.56 Å². The lowest BCUT2D eigenvalue weighted by Crippen LogP contribution is -2.35. The molecule has 0 bridgehead atoms. The number of aryl methyl sites for hydroxylation is 1. The van der Waals surface area contributed by atoms with Gasteiger partial charge in [-0.05, 0) is 24.5 Å². The lowest BCUT2D eigenvalue weighted by Gasteiger charge is -2.27. The van der Waals surface area contributed by atoms with Gasteiger partial charge < -0.3 is 4.98 Å². The minimum absolute atomic E-state index is 0.0289. The molecule has 0 radical (unpaired) electrons. The Morgan fingerprint density at radius 1 is 1.41 bits per heavy atom. The molecule has 5 nitrogen and oxygen atoms in total. The molecule has 0 amide bonds. The van der Waals surface area contributed by atoms with E-state index >= 15 is 0 Å². The predicted octanol–water partition coefficient (Wildman–Crippen LogP) is 2.33. The largest absolute Gasteiger partial charge is 0.310 e. The van der Waals surface area contributed by atoms with Crippen molar-refractivity contribution in [1.29, 1.82) is 0 Å². The first kappa shape index (κ1) is 15.2. The molecule has 2 aromatic rings. The van der Waals surface area contributed by atoms with Gasteiger partial charge in [-0.25, -0.2) is 9.97 Å². The summed E-state index contributed by atoms with van der Waals surface area (Å²) in [6, 6.07) is 3.79. The first-order valence-electron chi connectivity index (χ1n) is 7.59. The molecule has 1 aliphatic rings. The number of aromatic nitrogens is 3. The van der Waals surface area contributed by atoms with Crippen molar-refractivity contribution in [2.24, 2.45) is 0 Å². The monoisotopic (exact) mass is 318 g/mol. The Labute approximate surface area is 134 Å². The number of hydrogen-bond donors (Lipinski definition) is 1. The van der Waals surface area contributed by atoms with Gasteiger partial charge in [-0.15, -0.1) is 0 Å². The lowest BCUT2D eigenvalue weighted by molar-refractivity contribution is 0.239. The Bertz CT molecular complexity index is 711. The Kier molecular flexibility index (Phi) is 4.55. The molecule has 3 rings (SSSR count). The van der Waals surface area contributed by atoms with Gasteiger partial charge in [-0.1, -0.05) is 24.6 Å². The maximum absolute atomic E-state index is 12.1. The van der Waals surface area contributed by atoms with Crippen molar-refractivity contribution in [3.63, 3.8) is 0 Å². The third kappa shape index (κ3) is 3.36. The number of halogens is 1. The number of rotatable bonds is 4. The highest BCUT2D eigenvalue weighted by Crippen LogP contribution is 2.17. The van der Waals surface area contributed by atoms with Crippen LogP contribution < -0.4 is 5.56 Å². The van der Waals surface area contributed by atoms with Gasteiger partial charge in [-0.2, -0.15) is 0 Å². The van der Waals surface area contributed by atoms with Gasteiger partial charge in [0.2, 0.25) is 0 Å². The normalized spacial score (nSPS) is 14.8. The second kappa shape index (κ2) is 6.58. The zero-order valence-electron chi connectivity index (χ0n) is 12.6. The van der Waals surface area contributed by atoms with Crippen LogP contribution in [0.5, 0.6) is 0 Å². The van der Waals surface area contributed by atoms with Crippen molar-refractivity contribution >= 4 is 11.6 Å². The zero-order valence-corrected chi connectivity index (χ0v) is 13.4. The Morgan fingerprint density at radius 2 is 2.27 bits per heavy atom. The van der Waals surface area contributed by atoms with Crippen LogP contribution in [-0.4, -0.2) is 26.4 Å². The zero-order chi connectivity index (χ0) is 15.5. The first-order chi connectivity index (χ1) is 10.7. The summed E-state index contributed by atoms with van der Waals surface area (Å²) in [7, 11) is 0. The summed E-state index contributed by atoms with van der Waals surface area (Å²) in [5, 5.41) is 0.505. The van der Waals surface area contributed by atoms with Crippen LogP contribution in [-0.2, 0) is 25.9 Å². The second-order valence-electron chi connectivity index (χ2n) is 5.64. The molecule has 1 N–H and O–H groups in total. The molecule has 1 aliphatic heterocycles. The summed E-state index contributed by atoms with van der Waals surface area (Å²) in [4.78, 5) is 26.1. The van der Waals surface area contributed by atoms with E-state index in [0.717, 1.165) is 55.0 Å². The van der Waals surface area contributed by atoms with Crippen molar-refractivity contribution in [3.8, 4) is 0 Å². The highest BCUT2D eigenvalue weighted by Gasteiger charge is 2.21. The molecular formula is C16H19ClN4O. The van der Waals surface area contributed by atoms with Crippen LogP contribution in [0.2, 0.25) is 5.15 Å². The number of nitrogens with one attached hydrogen (secondary N) is 1. The molecule has 0 spiro atoms. The van der Waals surface area contributed by atoms with E-state index < -0.39 is 0 Å². The van der Waals surface area contributed by atoms with Gasteiger partial charge in [0, 0.05) is 37.8 Å². The standard InChI is InChI=1S/C16H19ClN4O/c1-2-3-15-19-13-10-21(7-6-12(13)16(22)20-15)9-11-4-5-14(17)18-8-11/h4-5,8H,2-3,6-7,9-10H2,1H3,(H,19,20,22). The number of pyridine rings is 1. The molecule has 0 aliphatic carbocycles. The number of hydrogen-bond acceptors (Lipinski definition) is 4.